The number of benzene rings is 3. The number of methoxy groups -OCH3 is 1. The number of nitro groups is 1. The number of sulfonamides is 1. The van der Waals surface area contributed by atoms with Gasteiger partial charge in [-0.05, 0) is 66.9 Å². The molecule has 1 N–H and O–H groups in total. The molecule has 11 heteroatoms. The summed E-state index contributed by atoms with van der Waals surface area (Å²) in [6.45, 7) is 1.96. The standard InChI is InChI=1S/C24H21N3O6S2/c1-3-26(35(31,32)21-10-8-20(33-2)9-11-21)18-7-12-22-16(13-18)14-23(34-22)24(28)25-17-5-4-6-19(15-17)27(29)30/h4-15H,3H2,1-2H3,(H,25,28). The van der Waals surface area contributed by atoms with Crippen LogP contribution in [-0.2, 0) is 10.0 Å². The number of nitrogens with zero attached hydrogens (tertiary/aromatic N) is 2. The number of nitrogens with one attached hydrogen (secondary N) is 1. The van der Waals surface area contributed by atoms with Crippen LogP contribution in [0.25, 0.3) is 10.1 Å². The highest BCUT2D eigenvalue weighted by molar-refractivity contribution is 7.92. The molecular formula is C24H21N3O6S2. The van der Waals surface area contributed by atoms with Crippen molar-refractivity contribution in [2.75, 3.05) is 23.3 Å². The zero-order valence-corrected chi connectivity index (χ0v) is 20.4. The van der Waals surface area contributed by atoms with Gasteiger partial charge >= 0.3 is 0 Å². The average molecular weight is 512 g/mol. The lowest BCUT2D eigenvalue weighted by molar-refractivity contribution is -0.384. The number of nitro benzene ring substituents is 1. The van der Waals surface area contributed by atoms with Crippen LogP contribution in [0.2, 0.25) is 0 Å². The Morgan fingerprint density at radius 1 is 1.09 bits per heavy atom. The maximum atomic E-state index is 13.3. The van der Waals surface area contributed by atoms with Crippen LogP contribution in [-0.4, -0.2) is 32.9 Å². The molecule has 180 valence electrons. The van der Waals surface area contributed by atoms with E-state index in [2.05, 4.69) is 5.32 Å². The Kier molecular flexibility index (Phi) is 6.72. The van der Waals surface area contributed by atoms with E-state index in [0.717, 1.165) is 4.70 Å². The molecule has 0 unspecified atom stereocenters. The fraction of sp³-hybridized carbons (Fsp3) is 0.125. The van der Waals surface area contributed by atoms with Gasteiger partial charge in [-0.3, -0.25) is 19.2 Å². The highest BCUT2D eigenvalue weighted by Gasteiger charge is 2.24. The molecule has 0 spiro atoms. The van der Waals surface area contributed by atoms with Crippen molar-refractivity contribution in [3.05, 3.63) is 87.8 Å². The number of carbonyl (C=O) groups is 1. The Morgan fingerprint density at radius 2 is 1.83 bits per heavy atom. The molecule has 9 nitrogen and oxygen atoms in total. The number of hydrogen-bond acceptors (Lipinski definition) is 7. The van der Waals surface area contributed by atoms with Crippen molar-refractivity contribution in [1.82, 2.24) is 0 Å². The van der Waals surface area contributed by atoms with Gasteiger partial charge < -0.3 is 10.1 Å². The molecule has 0 aliphatic rings. The van der Waals surface area contributed by atoms with Crippen molar-refractivity contribution < 1.29 is 22.9 Å². The summed E-state index contributed by atoms with van der Waals surface area (Å²) >= 11 is 1.24. The normalized spacial score (nSPS) is 11.3. The van der Waals surface area contributed by atoms with Crippen LogP contribution in [0.4, 0.5) is 17.1 Å². The Bertz CT molecular complexity index is 1510. The molecular weight excluding hydrogens is 490 g/mol. The van der Waals surface area contributed by atoms with Crippen LogP contribution in [0.1, 0.15) is 16.6 Å². The lowest BCUT2D eigenvalue weighted by atomic mass is 10.2. The van der Waals surface area contributed by atoms with Crippen molar-refractivity contribution in [2.45, 2.75) is 11.8 Å². The first-order chi connectivity index (χ1) is 16.7. The second kappa shape index (κ2) is 9.72. The van der Waals surface area contributed by atoms with Crippen molar-refractivity contribution in [3.8, 4) is 5.75 Å². The van der Waals surface area contributed by atoms with E-state index in [1.807, 2.05) is 0 Å². The summed E-state index contributed by atoms with van der Waals surface area (Å²) in [5.41, 5.74) is 0.658. The number of hydrogen-bond donors (Lipinski definition) is 1. The molecule has 4 aromatic rings. The van der Waals surface area contributed by atoms with Gasteiger partial charge in [-0.15, -0.1) is 11.3 Å². The minimum absolute atomic E-state index is 0.124. The van der Waals surface area contributed by atoms with Gasteiger partial charge in [0, 0.05) is 29.1 Å². The van der Waals surface area contributed by atoms with Crippen molar-refractivity contribution in [2.24, 2.45) is 0 Å². The van der Waals surface area contributed by atoms with Gasteiger partial charge in [-0.1, -0.05) is 6.07 Å². The third-order valence-electron chi connectivity index (χ3n) is 5.26. The Balaban J connectivity index is 1.61. The van der Waals surface area contributed by atoms with Gasteiger partial charge in [0.25, 0.3) is 21.6 Å². The van der Waals surface area contributed by atoms with Crippen LogP contribution in [0.15, 0.2) is 77.7 Å². The monoisotopic (exact) mass is 511 g/mol. The second-order valence-electron chi connectivity index (χ2n) is 7.44. The minimum Gasteiger partial charge on any atom is -0.497 e. The topological polar surface area (TPSA) is 119 Å². The summed E-state index contributed by atoms with van der Waals surface area (Å²) in [6.07, 6.45) is 0. The molecule has 3 aromatic carbocycles. The summed E-state index contributed by atoms with van der Waals surface area (Å²) in [7, 11) is -2.30. The first-order valence-electron chi connectivity index (χ1n) is 10.5. The lowest BCUT2D eigenvalue weighted by Crippen LogP contribution is -2.30. The van der Waals surface area contributed by atoms with E-state index >= 15 is 0 Å². The van der Waals surface area contributed by atoms with Crippen LogP contribution in [0.3, 0.4) is 0 Å². The maximum absolute atomic E-state index is 13.3. The summed E-state index contributed by atoms with van der Waals surface area (Å²) < 4.78 is 33.7. The molecule has 0 fully saturated rings. The summed E-state index contributed by atoms with van der Waals surface area (Å²) in [5.74, 6) is 0.147. The van der Waals surface area contributed by atoms with E-state index in [9.17, 15) is 23.3 Å². The predicted octanol–water partition coefficient (Wildman–Crippen LogP) is 5.29. The molecule has 0 atom stereocenters. The number of non-ortho nitro benzene ring substituents is 1. The lowest BCUT2D eigenvalue weighted by Gasteiger charge is -2.23. The molecule has 4 rings (SSSR count). The van der Waals surface area contributed by atoms with Crippen LogP contribution in [0, 0.1) is 10.1 Å². The van der Waals surface area contributed by atoms with E-state index in [1.165, 1.54) is 53.1 Å². The zero-order valence-electron chi connectivity index (χ0n) is 18.8. The fourth-order valence-corrected chi connectivity index (χ4v) is 5.96. The van der Waals surface area contributed by atoms with E-state index < -0.39 is 20.9 Å². The number of amides is 1. The van der Waals surface area contributed by atoms with Gasteiger partial charge in [0.2, 0.25) is 0 Å². The SMILES string of the molecule is CCN(c1ccc2sc(C(=O)Nc3cccc([N+](=O)[O-])c3)cc2c1)S(=O)(=O)c1ccc(OC)cc1. The molecule has 1 aromatic heterocycles. The van der Waals surface area contributed by atoms with E-state index in [0.29, 0.717) is 27.4 Å². The van der Waals surface area contributed by atoms with E-state index in [1.54, 1.807) is 49.4 Å². The van der Waals surface area contributed by atoms with Gasteiger partial charge in [0.05, 0.1) is 27.5 Å². The molecule has 0 aliphatic heterocycles. The fourth-order valence-electron chi connectivity index (χ4n) is 3.55. The predicted molar refractivity (Wildman–Crippen MR) is 136 cm³/mol. The molecule has 0 radical (unpaired) electrons. The van der Waals surface area contributed by atoms with E-state index in [4.69, 9.17) is 4.74 Å². The Hall–Kier alpha value is -3.96. The number of fused-ring (bicyclic) bond motifs is 1. The van der Waals surface area contributed by atoms with Crippen molar-refractivity contribution >= 4 is 54.4 Å². The number of carbonyl (C=O) groups excluding carboxylic acids is 1. The van der Waals surface area contributed by atoms with Crippen molar-refractivity contribution in [1.29, 1.82) is 0 Å². The number of rotatable bonds is 8. The third-order valence-corrected chi connectivity index (χ3v) is 8.29. The molecule has 1 amide bonds. The van der Waals surface area contributed by atoms with E-state index in [-0.39, 0.29) is 17.1 Å². The Labute approximate surface area is 205 Å². The molecule has 35 heavy (non-hydrogen) atoms. The zero-order chi connectivity index (χ0) is 25.2. The highest BCUT2D eigenvalue weighted by atomic mass is 32.2. The van der Waals surface area contributed by atoms with Crippen molar-refractivity contribution in [3.63, 3.8) is 0 Å². The van der Waals surface area contributed by atoms with Gasteiger partial charge in [-0.2, -0.15) is 0 Å². The van der Waals surface area contributed by atoms with Crippen LogP contribution >= 0.6 is 11.3 Å². The van der Waals surface area contributed by atoms with Crippen LogP contribution < -0.4 is 14.4 Å². The maximum Gasteiger partial charge on any atom is 0.271 e. The summed E-state index contributed by atoms with van der Waals surface area (Å²) in [5, 5.41) is 14.3. The quantitative estimate of drug-likeness (QED) is 0.254. The third kappa shape index (κ3) is 4.96. The highest BCUT2D eigenvalue weighted by Crippen LogP contribution is 2.32. The van der Waals surface area contributed by atoms with Gasteiger partial charge in [0.15, 0.2) is 0 Å². The molecule has 1 heterocycles. The molecule has 0 bridgehead atoms. The average Bonchev–Trinajstić information content (AvgIpc) is 3.28. The Morgan fingerprint density at radius 3 is 2.49 bits per heavy atom. The van der Waals surface area contributed by atoms with Gasteiger partial charge in [0.1, 0.15) is 5.75 Å². The molecule has 0 aliphatic carbocycles. The number of ether oxygens (including phenoxy) is 1. The first-order valence-corrected chi connectivity index (χ1v) is 12.7. The summed E-state index contributed by atoms with van der Waals surface area (Å²) in [4.78, 5) is 23.7. The second-order valence-corrected chi connectivity index (χ2v) is 10.4. The first kappa shape index (κ1) is 24.2. The van der Waals surface area contributed by atoms with Crippen LogP contribution in [0.5, 0.6) is 5.75 Å². The largest absolute Gasteiger partial charge is 0.497 e. The smallest absolute Gasteiger partial charge is 0.271 e. The minimum atomic E-state index is -3.81. The molecule has 0 saturated carbocycles. The summed E-state index contributed by atoms with van der Waals surface area (Å²) in [6, 6.07) is 18.7. The molecule has 0 saturated heterocycles. The van der Waals surface area contributed by atoms with Gasteiger partial charge in [-0.25, -0.2) is 8.42 Å². The number of thiophene rings is 1. The number of anilines is 2.